The number of pyridine rings is 1. The van der Waals surface area contributed by atoms with Crippen LogP contribution in [0.5, 0.6) is 0 Å². The second-order valence-corrected chi connectivity index (χ2v) is 8.16. The van der Waals surface area contributed by atoms with Crippen LogP contribution in [-0.4, -0.2) is 46.1 Å². The van der Waals surface area contributed by atoms with E-state index in [0.29, 0.717) is 37.3 Å². The van der Waals surface area contributed by atoms with Crippen LogP contribution in [0.3, 0.4) is 0 Å². The average Bonchev–Trinajstić information content (AvgIpc) is 3.17. The van der Waals surface area contributed by atoms with E-state index < -0.39 is 5.60 Å². The fourth-order valence-electron chi connectivity index (χ4n) is 3.98. The van der Waals surface area contributed by atoms with E-state index in [2.05, 4.69) is 15.5 Å². The molecule has 30 heavy (non-hydrogen) atoms. The summed E-state index contributed by atoms with van der Waals surface area (Å²) >= 11 is 0. The first kappa shape index (κ1) is 20.1. The molecular weight excluding hydrogens is 380 g/mol. The minimum Gasteiger partial charge on any atom is -0.386 e. The number of carbonyl (C=O) groups excluding carboxylic acids is 2. The second kappa shape index (κ2) is 8.26. The molecule has 1 spiro atoms. The molecule has 0 saturated carbocycles. The number of likely N-dealkylation sites (tertiary alicyclic amines) is 1. The van der Waals surface area contributed by atoms with Crippen molar-refractivity contribution in [1.82, 2.24) is 15.2 Å². The van der Waals surface area contributed by atoms with Crippen LogP contribution in [-0.2, 0) is 16.2 Å². The van der Waals surface area contributed by atoms with E-state index in [1.807, 2.05) is 49.1 Å². The quantitative estimate of drug-likeness (QED) is 0.846. The molecule has 1 saturated heterocycles. The summed E-state index contributed by atoms with van der Waals surface area (Å²) in [6.45, 7) is 5.56. The molecule has 7 heteroatoms. The van der Waals surface area contributed by atoms with Gasteiger partial charge in [0.05, 0.1) is 6.54 Å². The van der Waals surface area contributed by atoms with E-state index in [1.54, 1.807) is 12.4 Å². The standard InChI is InChI=1S/C23H26N4O3/c1-16-4-5-19(12-17(16)2)22(29)27-11-3-8-23(15-27)13-20(26-30-23)21(28)25-14-18-6-9-24-10-7-18/h4-7,9-10,12H,3,8,11,13-15H2,1-2H3,(H,25,28)/t23-/m1/s1. The van der Waals surface area contributed by atoms with Gasteiger partial charge in [0.15, 0.2) is 5.60 Å². The van der Waals surface area contributed by atoms with Gasteiger partial charge in [-0.3, -0.25) is 14.6 Å². The summed E-state index contributed by atoms with van der Waals surface area (Å²) in [6.07, 6.45) is 5.38. The lowest BCUT2D eigenvalue weighted by Crippen LogP contribution is -2.51. The minimum absolute atomic E-state index is 0.00337. The molecule has 2 aromatic rings. The lowest BCUT2D eigenvalue weighted by Gasteiger charge is -2.38. The third-order valence-corrected chi connectivity index (χ3v) is 5.88. The van der Waals surface area contributed by atoms with Gasteiger partial charge in [-0.25, -0.2) is 0 Å². The molecule has 0 radical (unpaired) electrons. The van der Waals surface area contributed by atoms with Gasteiger partial charge in [0.2, 0.25) is 0 Å². The van der Waals surface area contributed by atoms with E-state index in [4.69, 9.17) is 4.84 Å². The van der Waals surface area contributed by atoms with Crippen molar-refractivity contribution in [2.75, 3.05) is 13.1 Å². The molecule has 0 aliphatic carbocycles. The first-order valence-corrected chi connectivity index (χ1v) is 10.2. The monoisotopic (exact) mass is 406 g/mol. The van der Waals surface area contributed by atoms with Crippen molar-refractivity contribution in [2.24, 2.45) is 5.16 Å². The third kappa shape index (κ3) is 4.20. The molecule has 2 amide bonds. The van der Waals surface area contributed by atoms with Crippen LogP contribution in [0.2, 0.25) is 0 Å². The van der Waals surface area contributed by atoms with Crippen LogP contribution in [0.25, 0.3) is 0 Å². The topological polar surface area (TPSA) is 83.9 Å². The van der Waals surface area contributed by atoms with Gasteiger partial charge in [0.25, 0.3) is 11.8 Å². The van der Waals surface area contributed by atoms with Crippen molar-refractivity contribution >= 4 is 17.5 Å². The number of nitrogens with zero attached hydrogens (tertiary/aromatic N) is 3. The number of benzene rings is 1. The van der Waals surface area contributed by atoms with Crippen molar-refractivity contribution in [1.29, 1.82) is 0 Å². The molecule has 7 nitrogen and oxygen atoms in total. The van der Waals surface area contributed by atoms with E-state index in [-0.39, 0.29) is 11.8 Å². The maximum atomic E-state index is 13.0. The van der Waals surface area contributed by atoms with Crippen LogP contribution in [0.1, 0.15) is 46.3 Å². The zero-order valence-electron chi connectivity index (χ0n) is 17.4. The largest absolute Gasteiger partial charge is 0.386 e. The van der Waals surface area contributed by atoms with Gasteiger partial charge in [0.1, 0.15) is 5.71 Å². The predicted octanol–water partition coefficient (Wildman–Crippen LogP) is 2.77. The highest BCUT2D eigenvalue weighted by Gasteiger charge is 2.45. The smallest absolute Gasteiger partial charge is 0.269 e. The molecule has 1 atom stereocenters. The zero-order valence-corrected chi connectivity index (χ0v) is 17.4. The SMILES string of the molecule is Cc1ccc(C(=O)N2CCC[C@@]3(CC(C(=O)NCc4ccncc4)=NO3)C2)cc1C. The summed E-state index contributed by atoms with van der Waals surface area (Å²) in [6, 6.07) is 9.49. The Hall–Kier alpha value is -3.22. The molecule has 2 aliphatic rings. The molecule has 1 aromatic carbocycles. The predicted molar refractivity (Wildman–Crippen MR) is 113 cm³/mol. The summed E-state index contributed by atoms with van der Waals surface area (Å²) in [7, 11) is 0. The molecule has 156 valence electrons. The van der Waals surface area contributed by atoms with Gasteiger partial charge < -0.3 is 15.1 Å². The maximum Gasteiger partial charge on any atom is 0.269 e. The van der Waals surface area contributed by atoms with Crippen LogP contribution < -0.4 is 5.32 Å². The van der Waals surface area contributed by atoms with Gasteiger partial charge in [0, 0.05) is 37.5 Å². The van der Waals surface area contributed by atoms with Crippen molar-refractivity contribution in [2.45, 2.75) is 45.3 Å². The summed E-state index contributed by atoms with van der Waals surface area (Å²) in [5.74, 6) is -0.238. The zero-order chi connectivity index (χ0) is 21.1. The molecule has 0 unspecified atom stereocenters. The van der Waals surface area contributed by atoms with E-state index in [1.165, 1.54) is 0 Å². The second-order valence-electron chi connectivity index (χ2n) is 8.16. The Kier molecular flexibility index (Phi) is 5.53. The first-order chi connectivity index (χ1) is 14.5. The number of amides is 2. The highest BCUT2D eigenvalue weighted by atomic mass is 16.7. The van der Waals surface area contributed by atoms with Gasteiger partial charge in [-0.15, -0.1) is 0 Å². The molecule has 4 rings (SSSR count). The molecule has 2 aliphatic heterocycles. The first-order valence-electron chi connectivity index (χ1n) is 10.2. The fourth-order valence-corrected chi connectivity index (χ4v) is 3.98. The van der Waals surface area contributed by atoms with Crippen molar-refractivity contribution < 1.29 is 14.4 Å². The molecule has 1 aromatic heterocycles. The van der Waals surface area contributed by atoms with Gasteiger partial charge in [-0.05, 0) is 67.6 Å². The summed E-state index contributed by atoms with van der Waals surface area (Å²) in [5, 5.41) is 6.95. The Morgan fingerprint density at radius 2 is 1.97 bits per heavy atom. The minimum atomic E-state index is -0.614. The van der Waals surface area contributed by atoms with Gasteiger partial charge in [-0.2, -0.15) is 0 Å². The van der Waals surface area contributed by atoms with Crippen molar-refractivity contribution in [3.63, 3.8) is 0 Å². The molecular formula is C23H26N4O3. The Balaban J connectivity index is 1.38. The van der Waals surface area contributed by atoms with Crippen LogP contribution in [0, 0.1) is 13.8 Å². The number of oxime groups is 1. The number of aryl methyl sites for hydroxylation is 2. The van der Waals surface area contributed by atoms with E-state index in [9.17, 15) is 9.59 Å². The molecule has 1 fully saturated rings. The summed E-state index contributed by atoms with van der Waals surface area (Å²) < 4.78 is 0. The van der Waals surface area contributed by atoms with Gasteiger partial charge in [-0.1, -0.05) is 11.2 Å². The number of carbonyl (C=O) groups is 2. The van der Waals surface area contributed by atoms with Crippen LogP contribution >= 0.6 is 0 Å². The van der Waals surface area contributed by atoms with E-state index in [0.717, 1.165) is 29.5 Å². The third-order valence-electron chi connectivity index (χ3n) is 5.88. The molecule has 3 heterocycles. The summed E-state index contributed by atoms with van der Waals surface area (Å²) in [5.41, 5.74) is 3.68. The van der Waals surface area contributed by atoms with Crippen LogP contribution in [0.15, 0.2) is 47.9 Å². The Morgan fingerprint density at radius 1 is 1.17 bits per heavy atom. The highest BCUT2D eigenvalue weighted by Crippen LogP contribution is 2.34. The maximum absolute atomic E-state index is 13.0. The lowest BCUT2D eigenvalue weighted by atomic mass is 9.87. The number of nitrogens with one attached hydrogen (secondary N) is 1. The number of piperidine rings is 1. The lowest BCUT2D eigenvalue weighted by molar-refractivity contribution is -0.115. The normalized spacial score (nSPS) is 20.6. The Bertz CT molecular complexity index is 989. The number of hydrogen-bond donors (Lipinski definition) is 1. The number of aromatic nitrogens is 1. The average molecular weight is 406 g/mol. The summed E-state index contributed by atoms with van der Waals surface area (Å²) in [4.78, 5) is 37.1. The van der Waals surface area contributed by atoms with Crippen molar-refractivity contribution in [3.05, 3.63) is 65.0 Å². The van der Waals surface area contributed by atoms with Crippen molar-refractivity contribution in [3.8, 4) is 0 Å². The number of rotatable bonds is 4. The molecule has 1 N–H and O–H groups in total. The van der Waals surface area contributed by atoms with E-state index >= 15 is 0 Å². The fraction of sp³-hybridized carbons (Fsp3) is 0.391. The van der Waals surface area contributed by atoms with Crippen LogP contribution in [0.4, 0.5) is 0 Å². The Morgan fingerprint density at radius 3 is 2.73 bits per heavy atom. The Labute approximate surface area is 176 Å². The molecule has 0 bridgehead atoms. The van der Waals surface area contributed by atoms with Gasteiger partial charge >= 0.3 is 0 Å². The highest BCUT2D eigenvalue weighted by molar-refractivity contribution is 6.39. The number of hydrogen-bond acceptors (Lipinski definition) is 5.